The van der Waals surface area contributed by atoms with Crippen LogP contribution in [0, 0.1) is 0 Å². The quantitative estimate of drug-likeness (QED) is 0.765. The molecule has 1 saturated heterocycles. The van der Waals surface area contributed by atoms with Crippen LogP contribution in [0.4, 0.5) is 8.78 Å². The lowest BCUT2D eigenvalue weighted by molar-refractivity contribution is -0.0521. The number of rotatable bonds is 8. The second kappa shape index (κ2) is 8.96. The van der Waals surface area contributed by atoms with Crippen molar-refractivity contribution in [1.29, 1.82) is 0 Å². The summed E-state index contributed by atoms with van der Waals surface area (Å²) in [6.07, 6.45) is 0.994. The standard InChI is InChI=1S/C20H22F2O4/c21-20(22)26-18-9-7-15(12-19(18)25-16-10-11-24-13-16)17(23)8-6-14-4-2-1-3-5-14/h1-5,7,9,12,16-17,20,23H,6,8,10-11,13H2. The Morgan fingerprint density at radius 1 is 1.12 bits per heavy atom. The van der Waals surface area contributed by atoms with Gasteiger partial charge in [-0.1, -0.05) is 36.4 Å². The molecule has 6 heteroatoms. The lowest BCUT2D eigenvalue weighted by Gasteiger charge is -2.18. The van der Waals surface area contributed by atoms with Gasteiger partial charge >= 0.3 is 6.61 Å². The SMILES string of the molecule is OC(CCc1ccccc1)c1ccc(OC(F)F)c(OC2CCOC2)c1. The molecule has 1 aliphatic heterocycles. The Bertz CT molecular complexity index is 687. The Morgan fingerprint density at radius 3 is 2.62 bits per heavy atom. The van der Waals surface area contributed by atoms with Gasteiger partial charge in [0.25, 0.3) is 0 Å². The van der Waals surface area contributed by atoms with Gasteiger partial charge in [-0.2, -0.15) is 8.78 Å². The fraction of sp³-hybridized carbons (Fsp3) is 0.400. The number of benzene rings is 2. The third kappa shape index (κ3) is 5.16. The fourth-order valence-corrected chi connectivity index (χ4v) is 2.92. The normalized spacial score (nSPS) is 18.1. The maximum Gasteiger partial charge on any atom is 0.387 e. The van der Waals surface area contributed by atoms with Gasteiger partial charge in [0, 0.05) is 6.42 Å². The van der Waals surface area contributed by atoms with Crippen molar-refractivity contribution in [2.45, 2.75) is 38.1 Å². The molecule has 0 bridgehead atoms. The molecule has 2 aromatic carbocycles. The molecule has 1 heterocycles. The van der Waals surface area contributed by atoms with E-state index >= 15 is 0 Å². The zero-order valence-corrected chi connectivity index (χ0v) is 14.3. The van der Waals surface area contributed by atoms with E-state index in [2.05, 4.69) is 4.74 Å². The van der Waals surface area contributed by atoms with Crippen LogP contribution in [0.3, 0.4) is 0 Å². The van der Waals surface area contributed by atoms with Crippen LogP contribution in [0.15, 0.2) is 48.5 Å². The van der Waals surface area contributed by atoms with E-state index in [0.717, 1.165) is 5.56 Å². The summed E-state index contributed by atoms with van der Waals surface area (Å²) in [6.45, 7) is -1.95. The summed E-state index contributed by atoms with van der Waals surface area (Å²) in [7, 11) is 0. The highest BCUT2D eigenvalue weighted by molar-refractivity contribution is 5.44. The van der Waals surface area contributed by atoms with E-state index in [1.54, 1.807) is 12.1 Å². The third-order valence-electron chi connectivity index (χ3n) is 4.30. The molecule has 2 atom stereocenters. The minimum absolute atomic E-state index is 0.0362. The van der Waals surface area contributed by atoms with Crippen molar-refractivity contribution in [1.82, 2.24) is 0 Å². The van der Waals surface area contributed by atoms with Gasteiger partial charge < -0.3 is 19.3 Å². The molecular weight excluding hydrogens is 342 g/mol. The van der Waals surface area contributed by atoms with Crippen LogP contribution in [0.1, 0.15) is 30.1 Å². The average Bonchev–Trinajstić information content (AvgIpc) is 3.14. The number of aliphatic hydroxyl groups is 1. The Labute approximate surface area is 151 Å². The third-order valence-corrected chi connectivity index (χ3v) is 4.30. The summed E-state index contributed by atoms with van der Waals surface area (Å²) in [6, 6.07) is 14.4. The largest absolute Gasteiger partial charge is 0.484 e. The molecule has 2 unspecified atom stereocenters. The predicted molar refractivity (Wildman–Crippen MR) is 92.6 cm³/mol. The molecule has 0 amide bonds. The molecule has 1 aliphatic rings. The molecule has 1 N–H and O–H groups in total. The Balaban J connectivity index is 1.71. The average molecular weight is 364 g/mol. The lowest BCUT2D eigenvalue weighted by atomic mass is 10.0. The van der Waals surface area contributed by atoms with E-state index in [1.165, 1.54) is 6.07 Å². The highest BCUT2D eigenvalue weighted by Crippen LogP contribution is 2.34. The topological polar surface area (TPSA) is 47.9 Å². The van der Waals surface area contributed by atoms with Gasteiger partial charge in [0.05, 0.1) is 19.3 Å². The first-order valence-electron chi connectivity index (χ1n) is 8.67. The number of aliphatic hydroxyl groups excluding tert-OH is 1. The molecular formula is C20H22F2O4. The summed E-state index contributed by atoms with van der Waals surface area (Å²) < 4.78 is 40.8. The van der Waals surface area contributed by atoms with Crippen molar-refractivity contribution >= 4 is 0 Å². The van der Waals surface area contributed by atoms with Crippen molar-refractivity contribution in [3.63, 3.8) is 0 Å². The molecule has 0 aromatic heterocycles. The fourth-order valence-electron chi connectivity index (χ4n) is 2.92. The molecule has 26 heavy (non-hydrogen) atoms. The summed E-state index contributed by atoms with van der Waals surface area (Å²) in [5.41, 5.74) is 1.74. The summed E-state index contributed by atoms with van der Waals surface area (Å²) >= 11 is 0. The molecule has 4 nitrogen and oxygen atoms in total. The number of halogens is 2. The van der Waals surface area contributed by atoms with Crippen molar-refractivity contribution in [3.05, 3.63) is 59.7 Å². The molecule has 3 rings (SSSR count). The number of aryl methyl sites for hydroxylation is 1. The summed E-state index contributed by atoms with van der Waals surface area (Å²) in [5.74, 6) is 0.169. The van der Waals surface area contributed by atoms with Gasteiger partial charge in [0.15, 0.2) is 11.5 Å². The minimum atomic E-state index is -2.94. The Hall–Kier alpha value is -2.18. The molecule has 0 spiro atoms. The van der Waals surface area contributed by atoms with Gasteiger partial charge in [-0.3, -0.25) is 0 Å². The number of alkyl halides is 2. The smallest absolute Gasteiger partial charge is 0.387 e. The van der Waals surface area contributed by atoms with Crippen LogP contribution in [0.2, 0.25) is 0 Å². The lowest BCUT2D eigenvalue weighted by Crippen LogP contribution is -2.17. The van der Waals surface area contributed by atoms with E-state index in [4.69, 9.17) is 9.47 Å². The van der Waals surface area contributed by atoms with E-state index < -0.39 is 12.7 Å². The molecule has 140 valence electrons. The highest BCUT2D eigenvalue weighted by atomic mass is 19.3. The molecule has 0 saturated carbocycles. The first-order chi connectivity index (χ1) is 12.6. The number of hydrogen-bond acceptors (Lipinski definition) is 4. The zero-order valence-electron chi connectivity index (χ0n) is 14.3. The van der Waals surface area contributed by atoms with Crippen molar-refractivity contribution in [3.8, 4) is 11.5 Å². The van der Waals surface area contributed by atoms with Crippen LogP contribution in [0.5, 0.6) is 11.5 Å². The zero-order chi connectivity index (χ0) is 18.4. The van der Waals surface area contributed by atoms with Gasteiger partial charge in [-0.05, 0) is 36.1 Å². The van der Waals surface area contributed by atoms with Crippen LogP contribution < -0.4 is 9.47 Å². The minimum Gasteiger partial charge on any atom is -0.484 e. The molecule has 2 aromatic rings. The van der Waals surface area contributed by atoms with Crippen molar-refractivity contribution in [2.75, 3.05) is 13.2 Å². The van der Waals surface area contributed by atoms with E-state index in [9.17, 15) is 13.9 Å². The summed E-state index contributed by atoms with van der Waals surface area (Å²) in [4.78, 5) is 0. The second-order valence-electron chi connectivity index (χ2n) is 6.23. The molecule has 0 radical (unpaired) electrons. The van der Waals surface area contributed by atoms with Crippen molar-refractivity contribution < 1.29 is 28.1 Å². The first-order valence-corrected chi connectivity index (χ1v) is 8.67. The summed E-state index contributed by atoms with van der Waals surface area (Å²) in [5, 5.41) is 10.5. The number of ether oxygens (including phenoxy) is 3. The van der Waals surface area contributed by atoms with Crippen LogP contribution in [-0.2, 0) is 11.2 Å². The predicted octanol–water partition coefficient (Wildman–Crippen LogP) is 4.12. The highest BCUT2D eigenvalue weighted by Gasteiger charge is 2.21. The van der Waals surface area contributed by atoms with Crippen LogP contribution >= 0.6 is 0 Å². The van der Waals surface area contributed by atoms with E-state index in [1.807, 2.05) is 30.3 Å². The maximum absolute atomic E-state index is 12.6. The van der Waals surface area contributed by atoms with Crippen molar-refractivity contribution in [2.24, 2.45) is 0 Å². The van der Waals surface area contributed by atoms with Gasteiger partial charge in [0.1, 0.15) is 6.10 Å². The van der Waals surface area contributed by atoms with Gasteiger partial charge in [-0.25, -0.2) is 0 Å². The second-order valence-corrected chi connectivity index (χ2v) is 6.23. The van der Waals surface area contributed by atoms with Gasteiger partial charge in [0.2, 0.25) is 0 Å². The molecule has 1 fully saturated rings. The van der Waals surface area contributed by atoms with E-state index in [0.29, 0.717) is 38.0 Å². The van der Waals surface area contributed by atoms with Crippen LogP contribution in [0.25, 0.3) is 0 Å². The van der Waals surface area contributed by atoms with Crippen LogP contribution in [-0.4, -0.2) is 31.0 Å². The Kier molecular flexibility index (Phi) is 6.41. The first kappa shape index (κ1) is 18.6. The monoisotopic (exact) mass is 364 g/mol. The van der Waals surface area contributed by atoms with Gasteiger partial charge in [-0.15, -0.1) is 0 Å². The number of hydrogen-bond donors (Lipinski definition) is 1. The Morgan fingerprint density at radius 2 is 1.92 bits per heavy atom. The maximum atomic E-state index is 12.6. The van der Waals surface area contributed by atoms with E-state index in [-0.39, 0.29) is 17.6 Å². The molecule has 0 aliphatic carbocycles.